The zero-order valence-electron chi connectivity index (χ0n) is 9.95. The summed E-state index contributed by atoms with van der Waals surface area (Å²) >= 11 is 0. The summed E-state index contributed by atoms with van der Waals surface area (Å²) in [5.74, 6) is 0.759. The van der Waals surface area contributed by atoms with Crippen LogP contribution in [-0.4, -0.2) is 16.2 Å². The third-order valence-corrected chi connectivity index (χ3v) is 2.52. The van der Waals surface area contributed by atoms with Gasteiger partial charge in [-0.25, -0.2) is 9.78 Å². The summed E-state index contributed by atoms with van der Waals surface area (Å²) in [6.45, 7) is 1.37. The van der Waals surface area contributed by atoms with Crippen LogP contribution in [0.4, 0.5) is 0 Å². The highest BCUT2D eigenvalue weighted by Crippen LogP contribution is 2.12. The molecule has 0 saturated heterocycles. The molecule has 0 saturated carbocycles. The Morgan fingerprint density at radius 2 is 2.22 bits per heavy atom. The highest BCUT2D eigenvalue weighted by molar-refractivity contribution is 5.28. The second-order valence-electron chi connectivity index (χ2n) is 3.80. The minimum atomic E-state index is -0.267. The molecule has 18 heavy (non-hydrogen) atoms. The molecule has 0 amide bonds. The van der Waals surface area contributed by atoms with E-state index in [-0.39, 0.29) is 5.69 Å². The van der Waals surface area contributed by atoms with E-state index >= 15 is 0 Å². The summed E-state index contributed by atoms with van der Waals surface area (Å²) in [7, 11) is 0. The molecule has 0 aliphatic heterocycles. The molecule has 2 aromatic rings. The number of hydrogen-bond acceptors (Lipinski definition) is 4. The Hall–Kier alpha value is -2.14. The molecule has 5 nitrogen and oxygen atoms in total. The molecule has 94 valence electrons. The Bertz CT molecular complexity index is 566. The monoisotopic (exact) mass is 245 g/mol. The van der Waals surface area contributed by atoms with Crippen molar-refractivity contribution in [1.82, 2.24) is 9.55 Å². The van der Waals surface area contributed by atoms with Gasteiger partial charge in [-0.2, -0.15) is 0 Å². The maximum atomic E-state index is 11.3. The Labute approximate surface area is 105 Å². The normalized spacial score (nSPS) is 10.3. The molecule has 1 aromatic heterocycles. The van der Waals surface area contributed by atoms with Crippen molar-refractivity contribution in [3.05, 3.63) is 58.8 Å². The zero-order valence-corrected chi connectivity index (χ0v) is 9.95. The molecule has 2 N–H and O–H groups in total. The van der Waals surface area contributed by atoms with E-state index in [1.54, 1.807) is 12.3 Å². The maximum Gasteiger partial charge on any atom is 0.347 e. The van der Waals surface area contributed by atoms with Gasteiger partial charge in [-0.3, -0.25) is 4.57 Å². The van der Waals surface area contributed by atoms with Crippen LogP contribution in [0.3, 0.4) is 0 Å². The van der Waals surface area contributed by atoms with Gasteiger partial charge >= 0.3 is 5.69 Å². The third-order valence-electron chi connectivity index (χ3n) is 2.52. The van der Waals surface area contributed by atoms with Gasteiger partial charge < -0.3 is 10.5 Å². The Kier molecular flexibility index (Phi) is 4.09. The topological polar surface area (TPSA) is 70.1 Å². The SMILES string of the molecule is NCc1cccc(OCCn2cccnc2=O)c1. The van der Waals surface area contributed by atoms with Crippen LogP contribution in [0, 0.1) is 0 Å². The van der Waals surface area contributed by atoms with Crippen LogP contribution in [0.15, 0.2) is 47.5 Å². The molecule has 0 atom stereocenters. The number of ether oxygens (including phenoxy) is 1. The van der Waals surface area contributed by atoms with E-state index in [9.17, 15) is 4.79 Å². The van der Waals surface area contributed by atoms with Gasteiger partial charge in [-0.15, -0.1) is 0 Å². The molecule has 0 spiro atoms. The number of aromatic nitrogens is 2. The van der Waals surface area contributed by atoms with E-state index in [0.29, 0.717) is 19.7 Å². The van der Waals surface area contributed by atoms with Crippen molar-refractivity contribution in [3.8, 4) is 5.75 Å². The van der Waals surface area contributed by atoms with Crippen LogP contribution in [-0.2, 0) is 13.1 Å². The Balaban J connectivity index is 1.92. The van der Waals surface area contributed by atoms with Gasteiger partial charge in [0.1, 0.15) is 12.4 Å². The zero-order chi connectivity index (χ0) is 12.8. The van der Waals surface area contributed by atoms with Crippen molar-refractivity contribution in [2.24, 2.45) is 5.73 Å². The fraction of sp³-hybridized carbons (Fsp3) is 0.231. The van der Waals surface area contributed by atoms with Gasteiger partial charge in [-0.1, -0.05) is 12.1 Å². The summed E-state index contributed by atoms with van der Waals surface area (Å²) in [5.41, 5.74) is 6.30. The van der Waals surface area contributed by atoms with Crippen LogP contribution >= 0.6 is 0 Å². The molecule has 1 heterocycles. The van der Waals surface area contributed by atoms with E-state index in [1.807, 2.05) is 24.3 Å². The lowest BCUT2D eigenvalue weighted by molar-refractivity contribution is 0.295. The first-order chi connectivity index (χ1) is 8.79. The van der Waals surface area contributed by atoms with Crippen molar-refractivity contribution in [2.45, 2.75) is 13.1 Å². The first kappa shape index (κ1) is 12.3. The number of nitrogens with two attached hydrogens (primary N) is 1. The lowest BCUT2D eigenvalue weighted by Gasteiger charge is -2.08. The molecule has 0 bridgehead atoms. The van der Waals surface area contributed by atoms with Crippen LogP contribution < -0.4 is 16.2 Å². The molecule has 2 rings (SSSR count). The van der Waals surface area contributed by atoms with Gasteiger partial charge in [0.15, 0.2) is 0 Å². The summed E-state index contributed by atoms with van der Waals surface area (Å²) < 4.78 is 7.07. The van der Waals surface area contributed by atoms with E-state index in [1.165, 1.54) is 10.8 Å². The van der Waals surface area contributed by atoms with Crippen molar-refractivity contribution >= 4 is 0 Å². The van der Waals surface area contributed by atoms with Crippen molar-refractivity contribution in [2.75, 3.05) is 6.61 Å². The van der Waals surface area contributed by atoms with Crippen LogP contribution in [0.2, 0.25) is 0 Å². The van der Waals surface area contributed by atoms with Crippen LogP contribution in [0.25, 0.3) is 0 Å². The maximum absolute atomic E-state index is 11.3. The number of hydrogen-bond donors (Lipinski definition) is 1. The van der Waals surface area contributed by atoms with Crippen LogP contribution in [0.5, 0.6) is 5.75 Å². The standard InChI is InChI=1S/C13H15N3O2/c14-10-11-3-1-4-12(9-11)18-8-7-16-6-2-5-15-13(16)17/h1-6,9H,7-8,10,14H2. The predicted octanol–water partition coefficient (Wildman–Crippen LogP) is 0.781. The predicted molar refractivity (Wildman–Crippen MR) is 68.3 cm³/mol. The molecule has 0 unspecified atom stereocenters. The second-order valence-corrected chi connectivity index (χ2v) is 3.80. The van der Waals surface area contributed by atoms with E-state index in [4.69, 9.17) is 10.5 Å². The molecule has 5 heteroatoms. The van der Waals surface area contributed by atoms with E-state index in [2.05, 4.69) is 4.98 Å². The van der Waals surface area contributed by atoms with Crippen molar-refractivity contribution < 1.29 is 4.74 Å². The first-order valence-electron chi connectivity index (χ1n) is 5.73. The molecule has 0 aliphatic rings. The summed E-state index contributed by atoms with van der Waals surface area (Å²) in [5, 5.41) is 0. The van der Waals surface area contributed by atoms with Gasteiger partial charge in [0, 0.05) is 18.9 Å². The molecule has 1 aromatic carbocycles. The van der Waals surface area contributed by atoms with Crippen LogP contribution in [0.1, 0.15) is 5.56 Å². The highest BCUT2D eigenvalue weighted by Gasteiger charge is 1.98. The molecular weight excluding hydrogens is 230 g/mol. The first-order valence-corrected chi connectivity index (χ1v) is 5.73. The minimum absolute atomic E-state index is 0.267. The van der Waals surface area contributed by atoms with Crippen molar-refractivity contribution in [1.29, 1.82) is 0 Å². The molecule has 0 radical (unpaired) electrons. The van der Waals surface area contributed by atoms with E-state index < -0.39 is 0 Å². The summed E-state index contributed by atoms with van der Waals surface area (Å²) in [6, 6.07) is 9.32. The summed E-state index contributed by atoms with van der Waals surface area (Å²) in [4.78, 5) is 15.0. The third kappa shape index (κ3) is 3.18. The van der Waals surface area contributed by atoms with Crippen molar-refractivity contribution in [3.63, 3.8) is 0 Å². The number of benzene rings is 1. The smallest absolute Gasteiger partial charge is 0.347 e. The van der Waals surface area contributed by atoms with Gasteiger partial charge in [-0.05, 0) is 23.8 Å². The average molecular weight is 245 g/mol. The highest BCUT2D eigenvalue weighted by atomic mass is 16.5. The fourth-order valence-corrected chi connectivity index (χ4v) is 1.58. The number of nitrogens with zero attached hydrogens (tertiary/aromatic N) is 2. The van der Waals surface area contributed by atoms with E-state index in [0.717, 1.165) is 11.3 Å². The fourth-order valence-electron chi connectivity index (χ4n) is 1.58. The lowest BCUT2D eigenvalue weighted by Crippen LogP contribution is -2.24. The molecular formula is C13H15N3O2. The lowest BCUT2D eigenvalue weighted by atomic mass is 10.2. The number of rotatable bonds is 5. The Morgan fingerprint density at radius 3 is 3.00 bits per heavy atom. The van der Waals surface area contributed by atoms with Gasteiger partial charge in [0.2, 0.25) is 0 Å². The van der Waals surface area contributed by atoms with Gasteiger partial charge in [0.25, 0.3) is 0 Å². The average Bonchev–Trinajstić information content (AvgIpc) is 2.41. The molecule has 0 fully saturated rings. The Morgan fingerprint density at radius 1 is 1.33 bits per heavy atom. The second kappa shape index (κ2) is 5.97. The largest absolute Gasteiger partial charge is 0.492 e. The molecule has 0 aliphatic carbocycles. The van der Waals surface area contributed by atoms with Gasteiger partial charge in [0.05, 0.1) is 6.54 Å². The quantitative estimate of drug-likeness (QED) is 0.845. The summed E-state index contributed by atoms with van der Waals surface area (Å²) in [6.07, 6.45) is 3.17. The minimum Gasteiger partial charge on any atom is -0.492 e.